The summed E-state index contributed by atoms with van der Waals surface area (Å²) in [7, 11) is 1.56. The van der Waals surface area contributed by atoms with Gasteiger partial charge in [-0.15, -0.1) is 0 Å². The Balaban J connectivity index is 2.13. The van der Waals surface area contributed by atoms with Crippen LogP contribution >= 0.6 is 11.6 Å². The third-order valence-corrected chi connectivity index (χ3v) is 3.28. The standard InChI is InChI=1S/C14H17ClN4O2/c1-3-6-19-14(20)13(15)11(9-18-19)17-8-10-4-5-16-12(7-10)21-2/h4-5,7,9,17H,3,6,8H2,1-2H3. The molecule has 0 aromatic carbocycles. The molecule has 2 aromatic rings. The van der Waals surface area contributed by atoms with E-state index in [1.807, 2.05) is 19.1 Å². The zero-order chi connectivity index (χ0) is 15.2. The van der Waals surface area contributed by atoms with Gasteiger partial charge in [0.25, 0.3) is 5.56 Å². The van der Waals surface area contributed by atoms with Gasteiger partial charge in [0.05, 0.1) is 19.0 Å². The minimum Gasteiger partial charge on any atom is -0.481 e. The molecule has 7 heteroatoms. The molecule has 0 atom stereocenters. The van der Waals surface area contributed by atoms with Crippen LogP contribution in [-0.4, -0.2) is 21.9 Å². The Hall–Kier alpha value is -2.08. The number of nitrogens with one attached hydrogen (secondary N) is 1. The summed E-state index contributed by atoms with van der Waals surface area (Å²) in [6.07, 6.45) is 4.06. The minimum absolute atomic E-state index is 0.152. The van der Waals surface area contributed by atoms with E-state index >= 15 is 0 Å². The lowest BCUT2D eigenvalue weighted by Gasteiger charge is -2.10. The van der Waals surface area contributed by atoms with Crippen LogP contribution in [0.4, 0.5) is 5.69 Å². The number of methoxy groups -OCH3 is 1. The van der Waals surface area contributed by atoms with Gasteiger partial charge >= 0.3 is 0 Å². The van der Waals surface area contributed by atoms with E-state index in [-0.39, 0.29) is 10.6 Å². The smallest absolute Gasteiger partial charge is 0.287 e. The Bertz CT molecular complexity index is 672. The van der Waals surface area contributed by atoms with Gasteiger partial charge in [0.2, 0.25) is 5.88 Å². The number of pyridine rings is 1. The summed E-state index contributed by atoms with van der Waals surface area (Å²) in [5.41, 5.74) is 1.20. The van der Waals surface area contributed by atoms with Crippen molar-refractivity contribution in [1.29, 1.82) is 0 Å². The van der Waals surface area contributed by atoms with Crippen molar-refractivity contribution in [3.05, 3.63) is 45.5 Å². The third kappa shape index (κ3) is 3.72. The molecule has 0 aliphatic heterocycles. The summed E-state index contributed by atoms with van der Waals surface area (Å²) in [5.74, 6) is 0.539. The molecule has 0 amide bonds. The SMILES string of the molecule is CCCn1ncc(NCc2ccnc(OC)c2)c(Cl)c1=O. The lowest BCUT2D eigenvalue weighted by molar-refractivity contribution is 0.397. The zero-order valence-corrected chi connectivity index (χ0v) is 12.7. The van der Waals surface area contributed by atoms with Crippen LogP contribution in [0.25, 0.3) is 0 Å². The number of hydrogen-bond donors (Lipinski definition) is 1. The number of aromatic nitrogens is 3. The predicted molar refractivity (Wildman–Crippen MR) is 81.9 cm³/mol. The molecule has 0 unspecified atom stereocenters. The number of ether oxygens (including phenoxy) is 1. The van der Waals surface area contributed by atoms with Gasteiger partial charge in [-0.05, 0) is 18.1 Å². The summed E-state index contributed by atoms with van der Waals surface area (Å²) in [4.78, 5) is 16.0. The lowest BCUT2D eigenvalue weighted by atomic mass is 10.2. The van der Waals surface area contributed by atoms with E-state index in [1.165, 1.54) is 4.68 Å². The van der Waals surface area contributed by atoms with Crippen molar-refractivity contribution < 1.29 is 4.74 Å². The highest BCUT2D eigenvalue weighted by Crippen LogP contribution is 2.17. The number of rotatable bonds is 6. The molecule has 2 aromatic heterocycles. The van der Waals surface area contributed by atoms with E-state index in [4.69, 9.17) is 16.3 Å². The third-order valence-electron chi connectivity index (χ3n) is 2.91. The van der Waals surface area contributed by atoms with Gasteiger partial charge in [-0.2, -0.15) is 5.10 Å². The Labute approximate surface area is 127 Å². The normalized spacial score (nSPS) is 10.4. The first-order chi connectivity index (χ1) is 10.2. The first kappa shape index (κ1) is 15.3. The fraction of sp³-hybridized carbons (Fsp3) is 0.357. The minimum atomic E-state index is -0.282. The highest BCUT2D eigenvalue weighted by Gasteiger charge is 2.08. The second-order valence-electron chi connectivity index (χ2n) is 4.46. The highest BCUT2D eigenvalue weighted by molar-refractivity contribution is 6.32. The van der Waals surface area contributed by atoms with Gasteiger partial charge in [-0.1, -0.05) is 18.5 Å². The summed E-state index contributed by atoms with van der Waals surface area (Å²) < 4.78 is 6.43. The van der Waals surface area contributed by atoms with Crippen LogP contribution < -0.4 is 15.6 Å². The topological polar surface area (TPSA) is 69.0 Å². The Morgan fingerprint density at radius 2 is 2.29 bits per heavy atom. The van der Waals surface area contributed by atoms with E-state index in [0.717, 1.165) is 12.0 Å². The fourth-order valence-corrected chi connectivity index (χ4v) is 2.04. The van der Waals surface area contributed by atoms with Gasteiger partial charge in [0.1, 0.15) is 5.02 Å². The molecule has 2 heterocycles. The van der Waals surface area contributed by atoms with Crippen LogP contribution in [-0.2, 0) is 13.1 Å². The average Bonchev–Trinajstić information content (AvgIpc) is 2.51. The number of nitrogens with zero attached hydrogens (tertiary/aromatic N) is 3. The van der Waals surface area contributed by atoms with Crippen LogP contribution in [0.5, 0.6) is 5.88 Å². The Morgan fingerprint density at radius 1 is 1.48 bits per heavy atom. The monoisotopic (exact) mass is 308 g/mol. The van der Waals surface area contributed by atoms with Crippen molar-refractivity contribution in [3.63, 3.8) is 0 Å². The number of halogens is 1. The van der Waals surface area contributed by atoms with E-state index in [1.54, 1.807) is 19.5 Å². The van der Waals surface area contributed by atoms with Crippen LogP contribution in [0.2, 0.25) is 5.02 Å². The van der Waals surface area contributed by atoms with Crippen molar-refractivity contribution in [1.82, 2.24) is 14.8 Å². The van der Waals surface area contributed by atoms with Crippen molar-refractivity contribution in [2.24, 2.45) is 0 Å². The van der Waals surface area contributed by atoms with Gasteiger partial charge in [0, 0.05) is 25.4 Å². The second-order valence-corrected chi connectivity index (χ2v) is 4.84. The number of aryl methyl sites for hydroxylation is 1. The average molecular weight is 309 g/mol. The van der Waals surface area contributed by atoms with Crippen LogP contribution in [0.15, 0.2) is 29.3 Å². The largest absolute Gasteiger partial charge is 0.481 e. The molecule has 0 aliphatic carbocycles. The molecule has 0 radical (unpaired) electrons. The molecule has 0 saturated heterocycles. The molecule has 1 N–H and O–H groups in total. The summed E-state index contributed by atoms with van der Waals surface area (Å²) in [5, 5.41) is 7.35. The van der Waals surface area contributed by atoms with Gasteiger partial charge < -0.3 is 10.1 Å². The number of hydrogen-bond acceptors (Lipinski definition) is 5. The molecule has 0 aliphatic rings. The maximum absolute atomic E-state index is 12.0. The highest BCUT2D eigenvalue weighted by atomic mass is 35.5. The Morgan fingerprint density at radius 3 is 3.00 bits per heavy atom. The van der Waals surface area contributed by atoms with E-state index in [2.05, 4.69) is 15.4 Å². The van der Waals surface area contributed by atoms with Crippen molar-refractivity contribution in [2.75, 3.05) is 12.4 Å². The van der Waals surface area contributed by atoms with Gasteiger partial charge in [0.15, 0.2) is 0 Å². The zero-order valence-electron chi connectivity index (χ0n) is 12.0. The molecule has 0 spiro atoms. The van der Waals surface area contributed by atoms with Crippen LogP contribution in [0, 0.1) is 0 Å². The molecule has 2 rings (SSSR count). The molecule has 0 saturated carbocycles. The Kier molecular flexibility index (Phi) is 5.16. The lowest BCUT2D eigenvalue weighted by Crippen LogP contribution is -2.24. The first-order valence-electron chi connectivity index (χ1n) is 6.64. The van der Waals surface area contributed by atoms with E-state index in [9.17, 15) is 4.79 Å². The van der Waals surface area contributed by atoms with Gasteiger partial charge in [-0.25, -0.2) is 9.67 Å². The van der Waals surface area contributed by atoms with E-state index < -0.39 is 0 Å². The molecule has 6 nitrogen and oxygen atoms in total. The molecular formula is C14H17ClN4O2. The van der Waals surface area contributed by atoms with Crippen molar-refractivity contribution in [3.8, 4) is 5.88 Å². The quantitative estimate of drug-likeness (QED) is 0.887. The second kappa shape index (κ2) is 7.08. The molecule has 0 fully saturated rings. The van der Waals surface area contributed by atoms with E-state index in [0.29, 0.717) is 24.7 Å². The predicted octanol–water partition coefficient (Wildman–Crippen LogP) is 2.32. The van der Waals surface area contributed by atoms with Crippen LogP contribution in [0.1, 0.15) is 18.9 Å². The number of anilines is 1. The maximum Gasteiger partial charge on any atom is 0.287 e. The van der Waals surface area contributed by atoms with Crippen LogP contribution in [0.3, 0.4) is 0 Å². The summed E-state index contributed by atoms with van der Waals surface area (Å²) >= 11 is 6.09. The van der Waals surface area contributed by atoms with Crippen molar-refractivity contribution >= 4 is 17.3 Å². The van der Waals surface area contributed by atoms with Gasteiger partial charge in [-0.3, -0.25) is 4.79 Å². The first-order valence-corrected chi connectivity index (χ1v) is 7.02. The molecular weight excluding hydrogens is 292 g/mol. The summed E-state index contributed by atoms with van der Waals surface area (Å²) in [6.45, 7) is 3.03. The maximum atomic E-state index is 12.0. The molecule has 112 valence electrons. The summed E-state index contributed by atoms with van der Waals surface area (Å²) in [6, 6.07) is 3.67. The molecule has 0 bridgehead atoms. The molecule has 21 heavy (non-hydrogen) atoms. The fourth-order valence-electron chi connectivity index (χ4n) is 1.83. The van der Waals surface area contributed by atoms with Crippen molar-refractivity contribution in [2.45, 2.75) is 26.4 Å².